The maximum atomic E-state index is 13.8. The third kappa shape index (κ3) is 6.30. The van der Waals surface area contributed by atoms with Crippen LogP contribution in [0.2, 0.25) is 0 Å². The molecule has 0 saturated heterocycles. The Labute approximate surface area is 238 Å². The maximum Gasteiger partial charge on any atom is 1.00 e. The van der Waals surface area contributed by atoms with Crippen LogP contribution in [0.5, 0.6) is 0 Å². The van der Waals surface area contributed by atoms with Gasteiger partial charge in [-0.15, -0.1) is 0 Å². The van der Waals surface area contributed by atoms with Crippen molar-refractivity contribution in [3.8, 4) is 0 Å². The largest absolute Gasteiger partial charge is 1.00 e. The molecule has 0 bridgehead atoms. The van der Waals surface area contributed by atoms with E-state index in [1.165, 1.54) is 12.1 Å². The molecule has 2 amide bonds. The van der Waals surface area contributed by atoms with Crippen LogP contribution in [0.1, 0.15) is 74.0 Å². The molecule has 7 nitrogen and oxygen atoms in total. The van der Waals surface area contributed by atoms with Crippen LogP contribution in [0.3, 0.4) is 0 Å². The van der Waals surface area contributed by atoms with Gasteiger partial charge in [-0.05, 0) is 80.0 Å². The van der Waals surface area contributed by atoms with Gasteiger partial charge in [-0.3, -0.25) is 14.6 Å². The third-order valence-corrected chi connectivity index (χ3v) is 7.12. The monoisotopic (exact) mass is 515 g/mol. The molecule has 1 saturated carbocycles. The van der Waals surface area contributed by atoms with Gasteiger partial charge >= 0.3 is 29.6 Å². The first-order valence-electron chi connectivity index (χ1n) is 12.4. The van der Waals surface area contributed by atoms with Crippen LogP contribution in [0, 0.1) is 17.7 Å². The number of hydrogen-bond donors (Lipinski definition) is 1. The molecule has 37 heavy (non-hydrogen) atoms. The zero-order chi connectivity index (χ0) is 26.0. The number of carbonyl (C=O) groups is 3. The van der Waals surface area contributed by atoms with E-state index in [9.17, 15) is 23.9 Å². The number of carbonyl (C=O) groups excluding carboxylic acids is 3. The van der Waals surface area contributed by atoms with Gasteiger partial charge in [-0.2, -0.15) is 0 Å². The third-order valence-electron chi connectivity index (χ3n) is 7.12. The molecule has 190 valence electrons. The Morgan fingerprint density at radius 2 is 1.70 bits per heavy atom. The van der Waals surface area contributed by atoms with Gasteiger partial charge in [0.1, 0.15) is 17.2 Å². The first-order valence-corrected chi connectivity index (χ1v) is 12.4. The molecule has 1 spiro atoms. The fraction of sp³-hybridized carbons (Fsp3) is 0.429. The number of carboxylic acids is 1. The van der Waals surface area contributed by atoms with Crippen LogP contribution < -0.4 is 40.0 Å². The second-order valence-corrected chi connectivity index (χ2v) is 10.2. The molecule has 2 aromatic rings. The normalized spacial score (nSPS) is 23.8. The van der Waals surface area contributed by atoms with Crippen LogP contribution in [0.15, 0.2) is 53.5 Å². The Kier molecular flexibility index (Phi) is 9.32. The van der Waals surface area contributed by atoms with E-state index in [1.807, 2.05) is 24.0 Å². The van der Waals surface area contributed by atoms with Gasteiger partial charge in [0, 0.05) is 30.1 Å². The van der Waals surface area contributed by atoms with E-state index in [-0.39, 0.29) is 66.2 Å². The van der Waals surface area contributed by atoms with Crippen molar-refractivity contribution in [1.29, 1.82) is 0 Å². The van der Waals surface area contributed by atoms with Gasteiger partial charge in [0.25, 0.3) is 11.8 Å². The van der Waals surface area contributed by atoms with E-state index < -0.39 is 11.6 Å². The van der Waals surface area contributed by atoms with Crippen molar-refractivity contribution < 1.29 is 53.4 Å². The summed E-state index contributed by atoms with van der Waals surface area (Å²) < 4.78 is 13.5. The summed E-state index contributed by atoms with van der Waals surface area (Å²) in [6.07, 6.45) is 2.31. The second-order valence-electron chi connectivity index (χ2n) is 10.2. The first kappa shape index (κ1) is 29.0. The summed E-state index contributed by atoms with van der Waals surface area (Å²) in [7, 11) is 0. The molecule has 1 N–H and O–H groups in total. The van der Waals surface area contributed by atoms with Gasteiger partial charge in [0.15, 0.2) is 0 Å². The minimum absolute atomic E-state index is 0. The molecule has 2 aliphatic rings. The first-order chi connectivity index (χ1) is 17.1. The van der Waals surface area contributed by atoms with Crippen molar-refractivity contribution in [2.24, 2.45) is 16.8 Å². The number of aliphatic imine (C=N–C) groups is 1. The van der Waals surface area contributed by atoms with E-state index in [1.54, 1.807) is 24.3 Å². The topological polar surface area (TPSA) is 102 Å². The molecule has 0 radical (unpaired) electrons. The van der Waals surface area contributed by atoms with Gasteiger partial charge < -0.3 is 20.1 Å². The molecule has 1 aliphatic heterocycles. The van der Waals surface area contributed by atoms with Crippen molar-refractivity contribution in [3.05, 3.63) is 71.0 Å². The van der Waals surface area contributed by atoms with Crippen molar-refractivity contribution in [2.75, 3.05) is 6.54 Å². The summed E-state index contributed by atoms with van der Waals surface area (Å²) in [4.78, 5) is 43.6. The summed E-state index contributed by atoms with van der Waals surface area (Å²) >= 11 is 0. The number of nitrogens with one attached hydrogen (secondary N) is 1. The molecule has 1 aliphatic carbocycles. The minimum Gasteiger partial charge on any atom is -0.550 e. The molecule has 1 fully saturated rings. The molecule has 0 aromatic heterocycles. The maximum absolute atomic E-state index is 13.8. The van der Waals surface area contributed by atoms with Gasteiger partial charge in [0.2, 0.25) is 0 Å². The van der Waals surface area contributed by atoms with E-state index >= 15 is 0 Å². The molecule has 9 heteroatoms. The molecule has 4 rings (SSSR count). The van der Waals surface area contributed by atoms with Crippen molar-refractivity contribution in [2.45, 2.75) is 58.2 Å². The summed E-state index contributed by atoms with van der Waals surface area (Å²) in [5.74, 6) is -1.37. The molecule has 2 aromatic carbocycles. The SMILES string of the molecule is CC1CC(C)CC2(C1)N=C(c1ccc(F)cc1)C(=O)N2[C@H](C)c1ccc(C(=O)NCCC(=O)[O-])cc1.[Na+]. The number of amides is 2. The summed E-state index contributed by atoms with van der Waals surface area (Å²) in [5, 5.41) is 13.1. The van der Waals surface area contributed by atoms with Crippen LogP contribution >= 0.6 is 0 Å². The van der Waals surface area contributed by atoms with Crippen LogP contribution in [-0.2, 0) is 9.59 Å². The number of benzene rings is 2. The van der Waals surface area contributed by atoms with Crippen molar-refractivity contribution in [3.63, 3.8) is 0 Å². The van der Waals surface area contributed by atoms with E-state index in [4.69, 9.17) is 4.99 Å². The Bertz CT molecular complexity index is 1170. The summed E-state index contributed by atoms with van der Waals surface area (Å²) in [6, 6.07) is 12.5. The van der Waals surface area contributed by atoms with Gasteiger partial charge in [-0.1, -0.05) is 26.0 Å². The fourth-order valence-corrected chi connectivity index (χ4v) is 5.73. The van der Waals surface area contributed by atoms with Crippen molar-refractivity contribution >= 4 is 23.5 Å². The zero-order valence-corrected chi connectivity index (χ0v) is 23.8. The Balaban J connectivity index is 0.00000380. The number of rotatable bonds is 7. The molecule has 1 heterocycles. The van der Waals surface area contributed by atoms with Gasteiger partial charge in [-0.25, -0.2) is 4.39 Å². The number of halogens is 1. The zero-order valence-electron chi connectivity index (χ0n) is 21.8. The average Bonchev–Trinajstić information content (AvgIpc) is 3.08. The molecule has 3 atom stereocenters. The Hall–Kier alpha value is -2.55. The van der Waals surface area contributed by atoms with E-state index in [2.05, 4.69) is 19.2 Å². The fourth-order valence-electron chi connectivity index (χ4n) is 5.73. The number of carboxylic acid groups (broad SMARTS) is 1. The predicted molar refractivity (Wildman–Crippen MR) is 132 cm³/mol. The summed E-state index contributed by atoms with van der Waals surface area (Å²) in [6.45, 7) is 6.32. The van der Waals surface area contributed by atoms with E-state index in [0.29, 0.717) is 28.7 Å². The molecule has 2 unspecified atom stereocenters. The minimum atomic E-state index is -1.22. The van der Waals surface area contributed by atoms with E-state index in [0.717, 1.165) is 24.8 Å². The predicted octanol–water partition coefficient (Wildman–Crippen LogP) is 0.244. The number of hydrogen-bond acceptors (Lipinski definition) is 5. The standard InChI is InChI=1S/C28H32FN3O4.Na/c1-17-14-18(2)16-28(15-17)31-25(21-8-10-23(29)11-9-21)27(36)32(28)19(3)20-4-6-22(7-5-20)26(35)30-13-12-24(33)34;/h4-11,17-19H,12-16H2,1-3H3,(H,30,35)(H,33,34);/q;+1/p-1/t17?,18?,19-,28?;/m1./s1. The van der Waals surface area contributed by atoms with Crippen molar-refractivity contribution in [1.82, 2.24) is 10.2 Å². The summed E-state index contributed by atoms with van der Waals surface area (Å²) in [5.41, 5.74) is 1.53. The molecular formula is C28H31FN3NaO4. The van der Waals surface area contributed by atoms with Gasteiger partial charge in [0.05, 0.1) is 6.04 Å². The average molecular weight is 516 g/mol. The quantitative estimate of drug-likeness (QED) is 0.534. The number of aliphatic carboxylic acids is 1. The van der Waals surface area contributed by atoms with Crippen LogP contribution in [0.4, 0.5) is 4.39 Å². The van der Waals surface area contributed by atoms with Crippen LogP contribution in [0.25, 0.3) is 0 Å². The second kappa shape index (κ2) is 11.9. The smallest absolute Gasteiger partial charge is 0.550 e. The Morgan fingerprint density at radius 1 is 1.11 bits per heavy atom. The molecular weight excluding hydrogens is 484 g/mol. The van der Waals surface area contributed by atoms with Crippen LogP contribution in [-0.4, -0.2) is 40.6 Å². The Morgan fingerprint density at radius 3 is 2.27 bits per heavy atom. The number of nitrogens with zero attached hydrogens (tertiary/aromatic N) is 2.